The van der Waals surface area contributed by atoms with Crippen LogP contribution in [0.2, 0.25) is 0 Å². The molecule has 76 valence electrons. The van der Waals surface area contributed by atoms with Crippen molar-refractivity contribution in [3.05, 3.63) is 11.1 Å². The maximum Gasteiger partial charge on any atom is 0.278 e. The van der Waals surface area contributed by atoms with Crippen LogP contribution in [-0.2, 0) is 14.4 Å². The molecule has 0 aliphatic carbocycles. The van der Waals surface area contributed by atoms with Crippen LogP contribution in [0.3, 0.4) is 0 Å². The van der Waals surface area contributed by atoms with Gasteiger partial charge in [0.1, 0.15) is 0 Å². The van der Waals surface area contributed by atoms with E-state index in [0.29, 0.717) is 5.01 Å². The number of imide groups is 1. The molecule has 0 saturated carbocycles. The van der Waals surface area contributed by atoms with Gasteiger partial charge in [-0.3, -0.25) is 19.8 Å². The van der Waals surface area contributed by atoms with Gasteiger partial charge in [-0.15, -0.1) is 0 Å². The number of nitrogens with zero attached hydrogens (tertiary/aromatic N) is 1. The minimum absolute atomic E-state index is 0.0174. The third kappa shape index (κ3) is 1.51. The molecule has 0 atom stereocenters. The highest BCUT2D eigenvalue weighted by atomic mass is 16.3. The topological polar surface area (TPSA) is 86.7 Å². The summed E-state index contributed by atoms with van der Waals surface area (Å²) in [5.74, 6) is -1.79. The number of nitrogens with one attached hydrogen (secondary N) is 1. The van der Waals surface area contributed by atoms with Crippen LogP contribution in [0.15, 0.2) is 11.1 Å². The quantitative estimate of drug-likeness (QED) is 0.541. The SMILES string of the molecule is CC(=O)NN1C(=O)C(C)=C(CO)C1=O. The number of rotatable bonds is 2. The van der Waals surface area contributed by atoms with Crippen LogP contribution >= 0.6 is 0 Å². The Balaban J connectivity index is 2.94. The van der Waals surface area contributed by atoms with Crippen LogP contribution in [0, 0.1) is 0 Å². The highest BCUT2D eigenvalue weighted by molar-refractivity contribution is 6.19. The lowest BCUT2D eigenvalue weighted by Crippen LogP contribution is -2.46. The van der Waals surface area contributed by atoms with E-state index in [-0.39, 0.29) is 11.1 Å². The van der Waals surface area contributed by atoms with E-state index in [4.69, 9.17) is 5.11 Å². The Morgan fingerprint density at radius 3 is 2.36 bits per heavy atom. The summed E-state index contributed by atoms with van der Waals surface area (Å²) in [5, 5.41) is 9.41. The van der Waals surface area contributed by atoms with Gasteiger partial charge in [-0.25, -0.2) is 0 Å². The van der Waals surface area contributed by atoms with E-state index in [2.05, 4.69) is 5.43 Å². The van der Waals surface area contributed by atoms with Gasteiger partial charge in [0.05, 0.1) is 12.2 Å². The molecule has 0 saturated heterocycles. The number of hydrogen-bond acceptors (Lipinski definition) is 4. The van der Waals surface area contributed by atoms with Gasteiger partial charge in [-0.2, -0.15) is 5.01 Å². The maximum absolute atomic E-state index is 11.4. The second-order valence-corrected chi connectivity index (χ2v) is 2.88. The summed E-state index contributed by atoms with van der Waals surface area (Å²) in [5.41, 5.74) is 2.25. The first-order valence-electron chi connectivity index (χ1n) is 3.95. The smallest absolute Gasteiger partial charge is 0.278 e. The molecule has 1 aliphatic rings. The average molecular weight is 198 g/mol. The second-order valence-electron chi connectivity index (χ2n) is 2.88. The van der Waals surface area contributed by atoms with Crippen LogP contribution < -0.4 is 5.43 Å². The minimum Gasteiger partial charge on any atom is -0.391 e. The molecule has 0 bridgehead atoms. The lowest BCUT2D eigenvalue weighted by atomic mass is 10.2. The van der Waals surface area contributed by atoms with Gasteiger partial charge < -0.3 is 5.11 Å². The molecule has 0 spiro atoms. The zero-order valence-electron chi connectivity index (χ0n) is 7.83. The fourth-order valence-electron chi connectivity index (χ4n) is 1.13. The summed E-state index contributed by atoms with van der Waals surface area (Å²) in [4.78, 5) is 33.4. The summed E-state index contributed by atoms with van der Waals surface area (Å²) < 4.78 is 0. The number of carbonyl (C=O) groups excluding carboxylic acids is 3. The van der Waals surface area contributed by atoms with Gasteiger partial charge >= 0.3 is 0 Å². The van der Waals surface area contributed by atoms with E-state index >= 15 is 0 Å². The summed E-state index contributed by atoms with van der Waals surface area (Å²) in [6.07, 6.45) is 0. The van der Waals surface area contributed by atoms with E-state index < -0.39 is 24.3 Å². The van der Waals surface area contributed by atoms with Crippen LogP contribution in [0.1, 0.15) is 13.8 Å². The first-order chi connectivity index (χ1) is 6.49. The van der Waals surface area contributed by atoms with Crippen LogP contribution in [0.4, 0.5) is 0 Å². The van der Waals surface area contributed by atoms with E-state index in [1.165, 1.54) is 13.8 Å². The van der Waals surface area contributed by atoms with Crippen molar-refractivity contribution in [1.82, 2.24) is 10.4 Å². The largest absolute Gasteiger partial charge is 0.391 e. The Hall–Kier alpha value is -1.69. The minimum atomic E-state index is -0.676. The van der Waals surface area contributed by atoms with Crippen molar-refractivity contribution in [3.8, 4) is 0 Å². The van der Waals surface area contributed by atoms with Gasteiger partial charge in [-0.1, -0.05) is 0 Å². The molecule has 14 heavy (non-hydrogen) atoms. The summed E-state index contributed by atoms with van der Waals surface area (Å²) in [7, 11) is 0. The molecule has 3 amide bonds. The van der Waals surface area contributed by atoms with Crippen molar-refractivity contribution < 1.29 is 19.5 Å². The van der Waals surface area contributed by atoms with Gasteiger partial charge in [0.15, 0.2) is 0 Å². The number of aliphatic hydroxyl groups is 1. The summed E-state index contributed by atoms with van der Waals surface area (Å²) >= 11 is 0. The van der Waals surface area contributed by atoms with Gasteiger partial charge in [0.25, 0.3) is 11.8 Å². The molecule has 0 aromatic rings. The third-order valence-corrected chi connectivity index (χ3v) is 1.87. The van der Waals surface area contributed by atoms with Gasteiger partial charge in [0, 0.05) is 12.5 Å². The Kier molecular flexibility index (Phi) is 2.66. The van der Waals surface area contributed by atoms with Crippen molar-refractivity contribution >= 4 is 17.7 Å². The summed E-state index contributed by atoms with van der Waals surface area (Å²) in [6, 6.07) is 0. The van der Waals surface area contributed by atoms with Gasteiger partial charge in [-0.05, 0) is 6.92 Å². The lowest BCUT2D eigenvalue weighted by molar-refractivity contribution is -0.146. The lowest BCUT2D eigenvalue weighted by Gasteiger charge is -2.13. The Morgan fingerprint density at radius 1 is 1.43 bits per heavy atom. The van der Waals surface area contributed by atoms with Crippen molar-refractivity contribution in [1.29, 1.82) is 0 Å². The summed E-state index contributed by atoms with van der Waals surface area (Å²) in [6.45, 7) is 2.10. The molecule has 6 heteroatoms. The highest BCUT2D eigenvalue weighted by Gasteiger charge is 2.36. The fourth-order valence-corrected chi connectivity index (χ4v) is 1.13. The Labute approximate surface area is 80.2 Å². The highest BCUT2D eigenvalue weighted by Crippen LogP contribution is 2.17. The number of hydrogen-bond donors (Lipinski definition) is 2. The zero-order chi connectivity index (χ0) is 10.9. The standard InChI is InChI=1S/C8H10N2O4/c1-4-6(3-11)8(14)10(7(4)13)9-5(2)12/h11H,3H2,1-2H3,(H,9,12). The number of aliphatic hydroxyl groups excluding tert-OH is 1. The number of amides is 3. The number of carbonyl (C=O) groups is 3. The normalized spacial score (nSPS) is 16.6. The van der Waals surface area contributed by atoms with Crippen molar-refractivity contribution in [3.63, 3.8) is 0 Å². The van der Waals surface area contributed by atoms with Crippen LogP contribution in [0.25, 0.3) is 0 Å². The molecule has 0 aromatic carbocycles. The monoisotopic (exact) mass is 198 g/mol. The fraction of sp³-hybridized carbons (Fsp3) is 0.375. The van der Waals surface area contributed by atoms with Crippen molar-refractivity contribution in [2.75, 3.05) is 6.61 Å². The zero-order valence-corrected chi connectivity index (χ0v) is 7.83. The van der Waals surface area contributed by atoms with Crippen molar-refractivity contribution in [2.45, 2.75) is 13.8 Å². The number of hydrazine groups is 1. The molecule has 0 fully saturated rings. The Bertz CT molecular complexity index is 345. The molecule has 0 aromatic heterocycles. The first-order valence-corrected chi connectivity index (χ1v) is 3.95. The predicted molar refractivity (Wildman–Crippen MR) is 45.5 cm³/mol. The van der Waals surface area contributed by atoms with E-state index in [1.807, 2.05) is 0 Å². The first kappa shape index (κ1) is 10.4. The average Bonchev–Trinajstić information content (AvgIpc) is 2.30. The molecular weight excluding hydrogens is 188 g/mol. The van der Waals surface area contributed by atoms with Gasteiger partial charge in [0.2, 0.25) is 5.91 Å². The van der Waals surface area contributed by atoms with Crippen molar-refractivity contribution in [2.24, 2.45) is 0 Å². The molecule has 0 radical (unpaired) electrons. The van der Waals surface area contributed by atoms with E-state index in [9.17, 15) is 14.4 Å². The Morgan fingerprint density at radius 2 is 2.00 bits per heavy atom. The molecule has 6 nitrogen and oxygen atoms in total. The molecule has 0 unspecified atom stereocenters. The molecular formula is C8H10N2O4. The third-order valence-electron chi connectivity index (χ3n) is 1.87. The maximum atomic E-state index is 11.4. The second kappa shape index (κ2) is 3.59. The molecule has 1 aliphatic heterocycles. The molecule has 1 rings (SSSR count). The molecule has 1 heterocycles. The predicted octanol–water partition coefficient (Wildman–Crippen LogP) is -1.28. The van der Waals surface area contributed by atoms with Crippen LogP contribution in [0.5, 0.6) is 0 Å². The molecule has 2 N–H and O–H groups in total. The van der Waals surface area contributed by atoms with E-state index in [1.54, 1.807) is 0 Å². The van der Waals surface area contributed by atoms with E-state index in [0.717, 1.165) is 0 Å². The van der Waals surface area contributed by atoms with Crippen LogP contribution in [-0.4, -0.2) is 34.4 Å².